The van der Waals surface area contributed by atoms with Gasteiger partial charge in [-0.3, -0.25) is 19.3 Å². The maximum Gasteiger partial charge on any atom is 0.416 e. The molecule has 4 aromatic rings. The SMILES string of the molecule is COc1cccc(CCN2CC(=O)NCc3cccc(n3)C(=O)N(CCc3cccc(C(F)(F)F)c3)CC(=O)N[C@H](Cc3ccc(Cl)c(Cl)c3)C2O)c1. The number of ether oxygens (including phenoxy) is 1. The van der Waals surface area contributed by atoms with E-state index in [0.29, 0.717) is 34.0 Å². The Kier molecular flexibility index (Phi) is 13.3. The first-order valence-electron chi connectivity index (χ1n) is 16.8. The largest absolute Gasteiger partial charge is 0.497 e. The van der Waals surface area contributed by atoms with Gasteiger partial charge < -0.3 is 25.4 Å². The average Bonchev–Trinajstić information content (AvgIpc) is 3.14. The smallest absolute Gasteiger partial charge is 0.416 e. The molecule has 2 heterocycles. The van der Waals surface area contributed by atoms with Crippen molar-refractivity contribution in [3.8, 4) is 5.75 Å². The molecule has 10 nitrogen and oxygen atoms in total. The number of alkyl halides is 3. The Labute approximate surface area is 314 Å². The Bertz CT molecular complexity index is 1930. The number of nitrogens with one attached hydrogen (secondary N) is 2. The highest BCUT2D eigenvalue weighted by atomic mass is 35.5. The number of pyridine rings is 1. The van der Waals surface area contributed by atoms with Gasteiger partial charge in [-0.2, -0.15) is 13.2 Å². The number of rotatable bonds is 9. The molecule has 1 aromatic heterocycles. The zero-order chi connectivity index (χ0) is 38.1. The summed E-state index contributed by atoms with van der Waals surface area (Å²) in [6, 6.07) is 20.7. The number of aliphatic hydroxyl groups excluding tert-OH is 1. The molecule has 0 radical (unpaired) electrons. The highest BCUT2D eigenvalue weighted by molar-refractivity contribution is 6.42. The predicted molar refractivity (Wildman–Crippen MR) is 194 cm³/mol. The number of aliphatic hydroxyl groups is 1. The summed E-state index contributed by atoms with van der Waals surface area (Å²) >= 11 is 12.4. The van der Waals surface area contributed by atoms with Crippen LogP contribution in [0.25, 0.3) is 0 Å². The first-order valence-corrected chi connectivity index (χ1v) is 17.5. The van der Waals surface area contributed by atoms with E-state index in [1.54, 1.807) is 43.5 Å². The highest BCUT2D eigenvalue weighted by Gasteiger charge is 2.32. The maximum absolute atomic E-state index is 13.9. The fourth-order valence-electron chi connectivity index (χ4n) is 5.95. The number of benzene rings is 3. The minimum absolute atomic E-state index is 0.00602. The molecule has 280 valence electrons. The van der Waals surface area contributed by atoms with E-state index in [4.69, 9.17) is 27.9 Å². The van der Waals surface area contributed by atoms with Crippen LogP contribution in [-0.2, 0) is 41.6 Å². The third-order valence-corrected chi connectivity index (χ3v) is 9.47. The lowest BCUT2D eigenvalue weighted by Crippen LogP contribution is -2.56. The van der Waals surface area contributed by atoms with Crippen molar-refractivity contribution in [2.75, 3.05) is 33.3 Å². The third-order valence-electron chi connectivity index (χ3n) is 8.73. The summed E-state index contributed by atoms with van der Waals surface area (Å²) in [4.78, 5) is 48.2. The number of aromatic nitrogens is 1. The van der Waals surface area contributed by atoms with Gasteiger partial charge in [0.25, 0.3) is 5.91 Å². The van der Waals surface area contributed by atoms with Crippen molar-refractivity contribution in [3.05, 3.63) is 129 Å². The van der Waals surface area contributed by atoms with Gasteiger partial charge in [0.2, 0.25) is 11.8 Å². The van der Waals surface area contributed by atoms with E-state index in [9.17, 15) is 32.7 Å². The molecule has 0 saturated carbocycles. The second-order valence-corrected chi connectivity index (χ2v) is 13.4. The van der Waals surface area contributed by atoms with Crippen LogP contribution in [0, 0.1) is 0 Å². The van der Waals surface area contributed by atoms with Crippen LogP contribution in [0.1, 0.15) is 38.4 Å². The quantitative estimate of drug-likeness (QED) is 0.211. The molecule has 2 bridgehead atoms. The fraction of sp³-hybridized carbons (Fsp3) is 0.316. The Morgan fingerprint density at radius 3 is 2.30 bits per heavy atom. The van der Waals surface area contributed by atoms with Gasteiger partial charge in [-0.15, -0.1) is 0 Å². The van der Waals surface area contributed by atoms with Crippen molar-refractivity contribution in [3.63, 3.8) is 0 Å². The summed E-state index contributed by atoms with van der Waals surface area (Å²) in [6.07, 6.45) is -5.49. The van der Waals surface area contributed by atoms with E-state index in [1.165, 1.54) is 28.0 Å². The van der Waals surface area contributed by atoms with E-state index in [1.807, 2.05) is 18.2 Å². The lowest BCUT2D eigenvalue weighted by molar-refractivity contribution is -0.137. The number of halogens is 5. The number of nitrogens with zero attached hydrogens (tertiary/aromatic N) is 3. The summed E-state index contributed by atoms with van der Waals surface area (Å²) in [5.74, 6) is -1.10. The first-order chi connectivity index (χ1) is 25.3. The summed E-state index contributed by atoms with van der Waals surface area (Å²) < 4.78 is 45.6. The molecule has 0 saturated heterocycles. The number of carbonyl (C=O) groups is 3. The topological polar surface area (TPSA) is 124 Å². The van der Waals surface area contributed by atoms with Crippen molar-refractivity contribution < 1.29 is 37.4 Å². The van der Waals surface area contributed by atoms with Crippen LogP contribution in [0.3, 0.4) is 0 Å². The summed E-state index contributed by atoms with van der Waals surface area (Å²) in [7, 11) is 1.55. The van der Waals surface area contributed by atoms with Gasteiger partial charge in [0.15, 0.2) is 0 Å². The van der Waals surface area contributed by atoms with Crippen LogP contribution in [0.15, 0.2) is 84.9 Å². The van der Waals surface area contributed by atoms with E-state index in [2.05, 4.69) is 15.6 Å². The normalized spacial score (nSPS) is 17.8. The number of fused-ring (bicyclic) bond motifs is 2. The van der Waals surface area contributed by atoms with Crippen molar-refractivity contribution >= 4 is 40.9 Å². The van der Waals surface area contributed by atoms with E-state index < -0.39 is 48.3 Å². The Balaban J connectivity index is 1.47. The molecule has 1 unspecified atom stereocenters. The summed E-state index contributed by atoms with van der Waals surface area (Å²) in [6.45, 7) is -0.711. The third kappa shape index (κ3) is 11.2. The van der Waals surface area contributed by atoms with Crippen LogP contribution < -0.4 is 15.4 Å². The van der Waals surface area contributed by atoms with Gasteiger partial charge in [-0.25, -0.2) is 4.98 Å². The van der Waals surface area contributed by atoms with Crippen molar-refractivity contribution in [2.45, 2.75) is 44.3 Å². The highest BCUT2D eigenvalue weighted by Crippen LogP contribution is 2.30. The Hall–Kier alpha value is -4.69. The van der Waals surface area contributed by atoms with E-state index >= 15 is 0 Å². The molecule has 3 amide bonds. The number of hydrogen-bond donors (Lipinski definition) is 3. The molecular weight excluding hydrogens is 734 g/mol. The lowest BCUT2D eigenvalue weighted by atomic mass is 10.0. The molecule has 0 fully saturated rings. The first kappa shape index (κ1) is 39.5. The number of carbonyl (C=O) groups excluding carboxylic acids is 3. The zero-order valence-electron chi connectivity index (χ0n) is 28.7. The van der Waals surface area contributed by atoms with Crippen LogP contribution in [0.2, 0.25) is 10.0 Å². The molecule has 0 spiro atoms. The monoisotopic (exact) mass is 771 g/mol. The van der Waals surface area contributed by atoms with Gasteiger partial charge in [-0.05, 0) is 78.4 Å². The number of hydrogen-bond acceptors (Lipinski definition) is 7. The lowest BCUT2D eigenvalue weighted by Gasteiger charge is -2.34. The minimum Gasteiger partial charge on any atom is -0.497 e. The van der Waals surface area contributed by atoms with E-state index in [-0.39, 0.29) is 49.7 Å². The molecule has 3 aromatic carbocycles. The summed E-state index contributed by atoms with van der Waals surface area (Å²) in [5, 5.41) is 18.1. The zero-order valence-corrected chi connectivity index (χ0v) is 30.2. The number of methoxy groups -OCH3 is 1. The second-order valence-electron chi connectivity index (χ2n) is 12.6. The van der Waals surface area contributed by atoms with Crippen molar-refractivity contribution in [2.24, 2.45) is 0 Å². The summed E-state index contributed by atoms with van der Waals surface area (Å²) in [5.41, 5.74) is 1.33. The van der Waals surface area contributed by atoms with Gasteiger partial charge >= 0.3 is 6.18 Å². The number of amides is 3. The van der Waals surface area contributed by atoms with Gasteiger partial charge in [0.1, 0.15) is 17.7 Å². The van der Waals surface area contributed by atoms with Crippen LogP contribution in [-0.4, -0.2) is 83.2 Å². The molecular formula is C38H38Cl2F3N5O5. The van der Waals surface area contributed by atoms with Crippen molar-refractivity contribution in [1.29, 1.82) is 0 Å². The van der Waals surface area contributed by atoms with Crippen molar-refractivity contribution in [1.82, 2.24) is 25.4 Å². The van der Waals surface area contributed by atoms with E-state index in [0.717, 1.165) is 17.7 Å². The standard InChI is InChI=1S/C38H38Cl2F3N5O5/c1-53-29-9-3-6-25(18-29)14-16-47-22-34(49)44-21-28-8-4-10-32(45-28)36(51)48(15-13-24-5-2-7-27(17-24)38(41,42)43)23-35(50)46-33(37(47)52)20-26-11-12-30(39)31(40)19-26/h2-12,17-19,33,37,52H,13-16,20-23H2,1H3,(H,44,49)(H,46,50)/t33-,37?/m1/s1. The van der Waals surface area contributed by atoms with Crippen LogP contribution >= 0.6 is 23.2 Å². The van der Waals surface area contributed by atoms with Crippen LogP contribution in [0.5, 0.6) is 5.75 Å². The Morgan fingerprint density at radius 2 is 1.57 bits per heavy atom. The molecule has 3 N–H and O–H groups in total. The molecule has 1 aliphatic rings. The molecule has 5 rings (SSSR count). The molecule has 0 aliphatic carbocycles. The fourth-order valence-corrected chi connectivity index (χ4v) is 6.27. The maximum atomic E-state index is 13.9. The minimum atomic E-state index is -4.55. The van der Waals surface area contributed by atoms with Gasteiger partial charge in [0, 0.05) is 13.1 Å². The second kappa shape index (κ2) is 17.9. The molecule has 15 heteroatoms. The average molecular weight is 773 g/mol. The van der Waals surface area contributed by atoms with Crippen LogP contribution in [0.4, 0.5) is 13.2 Å². The molecule has 1 aliphatic heterocycles. The molecule has 53 heavy (non-hydrogen) atoms. The predicted octanol–water partition coefficient (Wildman–Crippen LogP) is 5.32. The van der Waals surface area contributed by atoms with Gasteiger partial charge in [0.05, 0.1) is 54.1 Å². The molecule has 2 atom stereocenters. The van der Waals surface area contributed by atoms with Gasteiger partial charge in [-0.1, -0.05) is 65.7 Å². The Morgan fingerprint density at radius 1 is 0.849 bits per heavy atom.